The summed E-state index contributed by atoms with van der Waals surface area (Å²) in [6.45, 7) is 1.69. The quantitative estimate of drug-likeness (QED) is 0.574. The lowest BCUT2D eigenvalue weighted by molar-refractivity contribution is -0.115. The molecule has 7 nitrogen and oxygen atoms in total. The van der Waals surface area contributed by atoms with Crippen LogP contribution >= 0.6 is 11.3 Å². The lowest BCUT2D eigenvalue weighted by Gasteiger charge is -2.09. The Morgan fingerprint density at radius 2 is 1.74 bits per heavy atom. The molecule has 0 unspecified atom stereocenters. The van der Waals surface area contributed by atoms with Gasteiger partial charge < -0.3 is 20.1 Å². The van der Waals surface area contributed by atoms with E-state index in [4.69, 9.17) is 9.47 Å². The Morgan fingerprint density at radius 1 is 1.03 bits per heavy atom. The highest BCUT2D eigenvalue weighted by Gasteiger charge is 2.22. The molecule has 2 N–H and O–H groups in total. The third-order valence-corrected chi connectivity index (χ3v) is 5.80. The standard InChI is InChI=1S/C23H21N3O4S/c1-14-17(13-24)23(26-20(27)12-15-8-10-16(29-2)11-9-15)31-21(14)22(28)25-18-6-4-5-7-19(18)30-3/h4-11H,12H2,1-3H3,(H,25,28)(H,26,27). The number of carbonyl (C=O) groups is 2. The smallest absolute Gasteiger partial charge is 0.266 e. The molecule has 8 heteroatoms. The summed E-state index contributed by atoms with van der Waals surface area (Å²) in [5.74, 6) is 0.577. The number of rotatable bonds is 7. The number of ether oxygens (including phenoxy) is 2. The summed E-state index contributed by atoms with van der Waals surface area (Å²) < 4.78 is 10.4. The molecule has 0 atom stereocenters. The van der Waals surface area contributed by atoms with E-state index in [2.05, 4.69) is 16.7 Å². The third kappa shape index (κ3) is 5.02. The van der Waals surface area contributed by atoms with E-state index in [0.29, 0.717) is 32.6 Å². The second kappa shape index (κ2) is 9.78. The Morgan fingerprint density at radius 3 is 2.39 bits per heavy atom. The highest BCUT2D eigenvalue weighted by Crippen LogP contribution is 2.34. The van der Waals surface area contributed by atoms with E-state index < -0.39 is 0 Å². The number of anilines is 2. The van der Waals surface area contributed by atoms with Gasteiger partial charge in [0, 0.05) is 0 Å². The van der Waals surface area contributed by atoms with Crippen molar-refractivity contribution in [3.63, 3.8) is 0 Å². The molecule has 0 bridgehead atoms. The van der Waals surface area contributed by atoms with Gasteiger partial charge in [-0.15, -0.1) is 11.3 Å². The Labute approximate surface area is 184 Å². The minimum Gasteiger partial charge on any atom is -0.497 e. The molecule has 31 heavy (non-hydrogen) atoms. The minimum atomic E-state index is -0.376. The molecule has 0 fully saturated rings. The predicted molar refractivity (Wildman–Crippen MR) is 120 cm³/mol. The highest BCUT2D eigenvalue weighted by molar-refractivity contribution is 7.18. The van der Waals surface area contributed by atoms with Crippen molar-refractivity contribution in [3.8, 4) is 17.6 Å². The second-order valence-corrected chi connectivity index (χ2v) is 7.62. The largest absolute Gasteiger partial charge is 0.497 e. The monoisotopic (exact) mass is 435 g/mol. The molecule has 2 amide bonds. The number of hydrogen-bond donors (Lipinski definition) is 2. The van der Waals surface area contributed by atoms with Gasteiger partial charge in [0.1, 0.15) is 22.6 Å². The van der Waals surface area contributed by atoms with Gasteiger partial charge in [-0.3, -0.25) is 9.59 Å². The Bertz CT molecular complexity index is 1150. The molecule has 0 aliphatic rings. The molecule has 2 aromatic carbocycles. The fourth-order valence-corrected chi connectivity index (χ4v) is 4.05. The van der Waals surface area contributed by atoms with E-state index in [1.54, 1.807) is 62.6 Å². The van der Waals surface area contributed by atoms with E-state index >= 15 is 0 Å². The van der Waals surface area contributed by atoms with Crippen molar-refractivity contribution >= 4 is 33.8 Å². The van der Waals surface area contributed by atoms with Crippen LogP contribution in [-0.2, 0) is 11.2 Å². The van der Waals surface area contributed by atoms with Crippen molar-refractivity contribution in [2.24, 2.45) is 0 Å². The van der Waals surface area contributed by atoms with Crippen LogP contribution < -0.4 is 20.1 Å². The van der Waals surface area contributed by atoms with Gasteiger partial charge in [0.25, 0.3) is 5.91 Å². The van der Waals surface area contributed by atoms with Crippen LogP contribution in [0.25, 0.3) is 0 Å². The van der Waals surface area contributed by atoms with Gasteiger partial charge in [0.05, 0.1) is 36.8 Å². The summed E-state index contributed by atoms with van der Waals surface area (Å²) in [5, 5.41) is 15.5. The van der Waals surface area contributed by atoms with E-state index in [9.17, 15) is 14.9 Å². The normalized spacial score (nSPS) is 10.1. The molecule has 1 aromatic heterocycles. The molecule has 1 heterocycles. The van der Waals surface area contributed by atoms with Gasteiger partial charge in [-0.05, 0) is 42.3 Å². The lowest BCUT2D eigenvalue weighted by atomic mass is 10.1. The van der Waals surface area contributed by atoms with Crippen molar-refractivity contribution in [3.05, 3.63) is 70.1 Å². The van der Waals surface area contributed by atoms with Crippen molar-refractivity contribution in [1.29, 1.82) is 5.26 Å². The summed E-state index contributed by atoms with van der Waals surface area (Å²) in [6.07, 6.45) is 0.133. The minimum absolute atomic E-state index is 0.133. The summed E-state index contributed by atoms with van der Waals surface area (Å²) in [4.78, 5) is 25.7. The number of nitriles is 1. The van der Waals surface area contributed by atoms with Crippen LogP contribution in [0.3, 0.4) is 0 Å². The molecule has 0 aliphatic heterocycles. The number of para-hydroxylation sites is 2. The summed E-state index contributed by atoms with van der Waals surface area (Å²) in [6, 6.07) is 16.3. The number of benzene rings is 2. The van der Waals surface area contributed by atoms with Gasteiger partial charge in [-0.2, -0.15) is 5.26 Å². The van der Waals surface area contributed by atoms with Crippen molar-refractivity contribution in [2.75, 3.05) is 24.9 Å². The average Bonchev–Trinajstić information content (AvgIpc) is 3.09. The zero-order chi connectivity index (χ0) is 22.4. The molecule has 0 radical (unpaired) electrons. The zero-order valence-electron chi connectivity index (χ0n) is 17.3. The number of thiophene rings is 1. The van der Waals surface area contributed by atoms with E-state index in [1.165, 1.54) is 7.11 Å². The fourth-order valence-electron chi connectivity index (χ4n) is 2.98. The molecule has 3 rings (SSSR count). The Kier molecular flexibility index (Phi) is 6.90. The molecule has 0 saturated heterocycles. The Hall–Kier alpha value is -3.83. The van der Waals surface area contributed by atoms with Crippen molar-refractivity contribution in [2.45, 2.75) is 13.3 Å². The maximum Gasteiger partial charge on any atom is 0.266 e. The van der Waals surface area contributed by atoms with Crippen molar-refractivity contribution < 1.29 is 19.1 Å². The molecule has 3 aromatic rings. The molecular formula is C23H21N3O4S. The predicted octanol–water partition coefficient (Wildman–Crippen LogP) is 4.38. The van der Waals surface area contributed by atoms with Gasteiger partial charge in [0.2, 0.25) is 5.91 Å². The van der Waals surface area contributed by atoms with Crippen LogP contribution in [0.1, 0.15) is 26.4 Å². The second-order valence-electron chi connectivity index (χ2n) is 6.60. The molecule has 158 valence electrons. The van der Waals surface area contributed by atoms with E-state index in [1.807, 2.05) is 0 Å². The zero-order valence-corrected chi connectivity index (χ0v) is 18.1. The maximum absolute atomic E-state index is 12.8. The third-order valence-electron chi connectivity index (χ3n) is 4.60. The first-order valence-electron chi connectivity index (χ1n) is 9.37. The fraction of sp³-hybridized carbons (Fsp3) is 0.174. The molecule has 0 aliphatic carbocycles. The van der Waals surface area contributed by atoms with Crippen LogP contribution in [-0.4, -0.2) is 26.0 Å². The summed E-state index contributed by atoms with van der Waals surface area (Å²) >= 11 is 1.07. The van der Waals surface area contributed by atoms with Crippen LogP contribution in [0.5, 0.6) is 11.5 Å². The number of methoxy groups -OCH3 is 2. The van der Waals surface area contributed by atoms with Gasteiger partial charge in [0.15, 0.2) is 0 Å². The average molecular weight is 436 g/mol. The van der Waals surface area contributed by atoms with Gasteiger partial charge in [-0.1, -0.05) is 24.3 Å². The number of nitrogens with zero attached hydrogens (tertiary/aromatic N) is 1. The topological polar surface area (TPSA) is 100 Å². The van der Waals surface area contributed by atoms with Crippen molar-refractivity contribution in [1.82, 2.24) is 0 Å². The van der Waals surface area contributed by atoms with Crippen LogP contribution in [0.2, 0.25) is 0 Å². The van der Waals surface area contributed by atoms with Crippen LogP contribution in [0, 0.1) is 18.3 Å². The van der Waals surface area contributed by atoms with Gasteiger partial charge in [-0.25, -0.2) is 0 Å². The number of nitrogens with one attached hydrogen (secondary N) is 2. The first-order chi connectivity index (χ1) is 15.0. The number of carbonyl (C=O) groups excluding carboxylic acids is 2. The highest BCUT2D eigenvalue weighted by atomic mass is 32.1. The van der Waals surface area contributed by atoms with E-state index in [0.717, 1.165) is 16.9 Å². The lowest BCUT2D eigenvalue weighted by Crippen LogP contribution is -2.14. The molecule has 0 spiro atoms. The SMILES string of the molecule is COc1ccc(CC(=O)Nc2sc(C(=O)Nc3ccccc3OC)c(C)c2C#N)cc1. The number of amides is 2. The summed E-state index contributed by atoms with van der Waals surface area (Å²) in [5.41, 5.74) is 2.11. The summed E-state index contributed by atoms with van der Waals surface area (Å²) in [7, 11) is 3.09. The first-order valence-corrected chi connectivity index (χ1v) is 10.2. The Balaban J connectivity index is 1.77. The molecular weight excluding hydrogens is 414 g/mol. The first kappa shape index (κ1) is 21.9. The molecule has 0 saturated carbocycles. The maximum atomic E-state index is 12.8. The van der Waals surface area contributed by atoms with Gasteiger partial charge >= 0.3 is 0 Å². The van der Waals surface area contributed by atoms with Crippen LogP contribution in [0.15, 0.2) is 48.5 Å². The van der Waals surface area contributed by atoms with Crippen LogP contribution in [0.4, 0.5) is 10.7 Å². The van der Waals surface area contributed by atoms with E-state index in [-0.39, 0.29) is 23.8 Å². The number of hydrogen-bond acceptors (Lipinski definition) is 6.